The van der Waals surface area contributed by atoms with Gasteiger partial charge in [-0.2, -0.15) is 0 Å². The SMILES string of the molecule is O=S(c1ccccc1)C1CCNC1. The maximum atomic E-state index is 11.9. The first-order valence-electron chi connectivity index (χ1n) is 4.54. The van der Waals surface area contributed by atoms with Crippen molar-refractivity contribution in [1.29, 1.82) is 0 Å². The molecule has 1 aromatic rings. The van der Waals surface area contributed by atoms with Gasteiger partial charge in [0.15, 0.2) is 0 Å². The third-order valence-electron chi connectivity index (χ3n) is 2.29. The maximum Gasteiger partial charge on any atom is 0.0574 e. The average molecular weight is 195 g/mol. The molecule has 0 amide bonds. The zero-order valence-electron chi connectivity index (χ0n) is 7.40. The van der Waals surface area contributed by atoms with Crippen LogP contribution in [0.2, 0.25) is 0 Å². The summed E-state index contributed by atoms with van der Waals surface area (Å²) in [6, 6.07) is 9.71. The minimum absolute atomic E-state index is 0.308. The van der Waals surface area contributed by atoms with Crippen molar-refractivity contribution in [3.8, 4) is 0 Å². The highest BCUT2D eigenvalue weighted by molar-refractivity contribution is 7.85. The van der Waals surface area contributed by atoms with Gasteiger partial charge in [0, 0.05) is 11.4 Å². The quantitative estimate of drug-likeness (QED) is 0.767. The van der Waals surface area contributed by atoms with Crippen molar-refractivity contribution >= 4 is 10.8 Å². The maximum absolute atomic E-state index is 11.9. The average Bonchev–Trinajstić information content (AvgIpc) is 2.71. The van der Waals surface area contributed by atoms with Crippen molar-refractivity contribution in [2.75, 3.05) is 13.1 Å². The second-order valence-electron chi connectivity index (χ2n) is 3.23. The zero-order valence-corrected chi connectivity index (χ0v) is 8.22. The second kappa shape index (κ2) is 4.03. The Morgan fingerprint density at radius 1 is 1.31 bits per heavy atom. The van der Waals surface area contributed by atoms with E-state index in [2.05, 4.69) is 5.32 Å². The minimum Gasteiger partial charge on any atom is -0.315 e. The molecule has 1 aromatic carbocycles. The fourth-order valence-corrected chi connectivity index (χ4v) is 2.97. The molecule has 1 aliphatic rings. The Balaban J connectivity index is 2.13. The van der Waals surface area contributed by atoms with Crippen LogP contribution in [0.5, 0.6) is 0 Å². The van der Waals surface area contributed by atoms with Crippen LogP contribution in [0.15, 0.2) is 35.2 Å². The van der Waals surface area contributed by atoms with E-state index in [9.17, 15) is 4.21 Å². The molecule has 0 radical (unpaired) electrons. The molecule has 2 nitrogen and oxygen atoms in total. The molecule has 0 spiro atoms. The van der Waals surface area contributed by atoms with E-state index >= 15 is 0 Å². The van der Waals surface area contributed by atoms with Crippen LogP contribution in [0.3, 0.4) is 0 Å². The van der Waals surface area contributed by atoms with Crippen LogP contribution in [-0.4, -0.2) is 22.5 Å². The standard InChI is InChI=1S/C10H13NOS/c12-13(10-6-7-11-8-10)9-4-2-1-3-5-9/h1-5,10-11H,6-8H2. The number of rotatable bonds is 2. The van der Waals surface area contributed by atoms with Crippen LogP contribution in [0.25, 0.3) is 0 Å². The topological polar surface area (TPSA) is 29.1 Å². The zero-order chi connectivity index (χ0) is 9.10. The molecule has 2 rings (SSSR count). The highest BCUT2D eigenvalue weighted by Gasteiger charge is 2.21. The van der Waals surface area contributed by atoms with Gasteiger partial charge in [-0.1, -0.05) is 18.2 Å². The van der Waals surface area contributed by atoms with E-state index in [1.54, 1.807) is 0 Å². The Bertz CT molecular complexity index is 293. The third-order valence-corrected chi connectivity index (χ3v) is 4.04. The Kier molecular flexibility index (Phi) is 2.76. The third kappa shape index (κ3) is 1.98. The Labute approximate surface area is 80.8 Å². The summed E-state index contributed by atoms with van der Waals surface area (Å²) in [6.07, 6.45) is 1.03. The summed E-state index contributed by atoms with van der Waals surface area (Å²) in [5.41, 5.74) is 0. The molecule has 0 saturated carbocycles. The lowest BCUT2D eigenvalue weighted by atomic mass is 10.4. The molecule has 1 N–H and O–H groups in total. The van der Waals surface area contributed by atoms with Crippen molar-refractivity contribution in [2.24, 2.45) is 0 Å². The minimum atomic E-state index is -0.821. The van der Waals surface area contributed by atoms with Crippen molar-refractivity contribution in [3.63, 3.8) is 0 Å². The summed E-state index contributed by atoms with van der Waals surface area (Å²) in [6.45, 7) is 1.89. The van der Waals surface area contributed by atoms with E-state index in [0.29, 0.717) is 5.25 Å². The monoisotopic (exact) mass is 195 g/mol. The van der Waals surface area contributed by atoms with E-state index in [0.717, 1.165) is 24.4 Å². The van der Waals surface area contributed by atoms with Gasteiger partial charge in [-0.25, -0.2) is 0 Å². The van der Waals surface area contributed by atoms with Crippen molar-refractivity contribution in [2.45, 2.75) is 16.6 Å². The molecule has 1 heterocycles. The lowest BCUT2D eigenvalue weighted by molar-refractivity contribution is 0.672. The van der Waals surface area contributed by atoms with Crippen LogP contribution in [0, 0.1) is 0 Å². The molecule has 1 aliphatic heterocycles. The van der Waals surface area contributed by atoms with Gasteiger partial charge in [0.25, 0.3) is 0 Å². The summed E-state index contributed by atoms with van der Waals surface area (Å²) in [5.74, 6) is 0. The largest absolute Gasteiger partial charge is 0.315 e. The van der Waals surface area contributed by atoms with E-state index < -0.39 is 10.8 Å². The van der Waals surface area contributed by atoms with Gasteiger partial charge in [0.2, 0.25) is 0 Å². The Hall–Kier alpha value is -0.670. The summed E-state index contributed by atoms with van der Waals surface area (Å²) >= 11 is 0. The lowest BCUT2D eigenvalue weighted by Crippen LogP contribution is -2.18. The van der Waals surface area contributed by atoms with Crippen LogP contribution < -0.4 is 5.32 Å². The van der Waals surface area contributed by atoms with Gasteiger partial charge in [-0.05, 0) is 25.1 Å². The second-order valence-corrected chi connectivity index (χ2v) is 4.96. The Morgan fingerprint density at radius 3 is 2.69 bits per heavy atom. The van der Waals surface area contributed by atoms with Crippen molar-refractivity contribution < 1.29 is 4.21 Å². The highest BCUT2D eigenvalue weighted by Crippen LogP contribution is 2.15. The van der Waals surface area contributed by atoms with E-state index in [-0.39, 0.29) is 0 Å². The molecule has 3 heteroatoms. The molecular weight excluding hydrogens is 182 g/mol. The molecule has 13 heavy (non-hydrogen) atoms. The first-order chi connectivity index (χ1) is 6.38. The van der Waals surface area contributed by atoms with E-state index in [4.69, 9.17) is 0 Å². The number of hydrogen-bond acceptors (Lipinski definition) is 2. The number of hydrogen-bond donors (Lipinski definition) is 1. The fourth-order valence-electron chi connectivity index (χ4n) is 1.56. The van der Waals surface area contributed by atoms with Crippen LogP contribution >= 0.6 is 0 Å². The first-order valence-corrected chi connectivity index (χ1v) is 5.75. The predicted molar refractivity (Wildman–Crippen MR) is 54.1 cm³/mol. The molecule has 1 fully saturated rings. The van der Waals surface area contributed by atoms with Crippen molar-refractivity contribution in [3.05, 3.63) is 30.3 Å². The number of nitrogens with one attached hydrogen (secondary N) is 1. The lowest BCUT2D eigenvalue weighted by Gasteiger charge is -2.07. The molecule has 2 atom stereocenters. The molecule has 0 aliphatic carbocycles. The van der Waals surface area contributed by atoms with Gasteiger partial charge < -0.3 is 5.32 Å². The van der Waals surface area contributed by atoms with E-state index in [1.807, 2.05) is 30.3 Å². The van der Waals surface area contributed by atoms with Gasteiger partial charge >= 0.3 is 0 Å². The smallest absolute Gasteiger partial charge is 0.0574 e. The molecule has 0 aromatic heterocycles. The Morgan fingerprint density at radius 2 is 2.08 bits per heavy atom. The predicted octanol–water partition coefficient (Wildman–Crippen LogP) is 1.16. The fraction of sp³-hybridized carbons (Fsp3) is 0.400. The normalized spacial score (nSPS) is 24.5. The first kappa shape index (κ1) is 8.91. The van der Waals surface area contributed by atoms with Gasteiger partial charge in [-0.3, -0.25) is 4.21 Å². The highest BCUT2D eigenvalue weighted by atomic mass is 32.2. The molecule has 1 saturated heterocycles. The number of benzene rings is 1. The van der Waals surface area contributed by atoms with Crippen LogP contribution in [0.1, 0.15) is 6.42 Å². The van der Waals surface area contributed by atoms with Crippen LogP contribution in [0.4, 0.5) is 0 Å². The summed E-state index contributed by atoms with van der Waals surface area (Å²) in [5, 5.41) is 3.54. The van der Waals surface area contributed by atoms with Gasteiger partial charge in [-0.15, -0.1) is 0 Å². The summed E-state index contributed by atoms with van der Waals surface area (Å²) < 4.78 is 11.9. The van der Waals surface area contributed by atoms with Gasteiger partial charge in [0.1, 0.15) is 0 Å². The van der Waals surface area contributed by atoms with Crippen LogP contribution in [-0.2, 0) is 10.8 Å². The summed E-state index contributed by atoms with van der Waals surface area (Å²) in [7, 11) is -0.821. The molecule has 70 valence electrons. The van der Waals surface area contributed by atoms with Crippen molar-refractivity contribution in [1.82, 2.24) is 5.32 Å². The van der Waals surface area contributed by atoms with Gasteiger partial charge in [0.05, 0.1) is 16.0 Å². The van der Waals surface area contributed by atoms with E-state index in [1.165, 1.54) is 0 Å². The summed E-state index contributed by atoms with van der Waals surface area (Å²) in [4.78, 5) is 0.955. The molecular formula is C10H13NOS. The molecule has 2 unspecified atom stereocenters. The molecule has 0 bridgehead atoms.